The molecule has 1 aromatic heterocycles. The lowest BCUT2D eigenvalue weighted by Gasteiger charge is -2.29. The van der Waals surface area contributed by atoms with E-state index in [1.165, 1.54) is 16.7 Å². The lowest BCUT2D eigenvalue weighted by atomic mass is 9.78. The van der Waals surface area contributed by atoms with Gasteiger partial charge in [0.05, 0.1) is 17.7 Å². The fraction of sp³-hybridized carbons (Fsp3) is 0.341. The summed E-state index contributed by atoms with van der Waals surface area (Å²) in [5.74, 6) is 2.56. The Morgan fingerprint density at radius 1 is 0.936 bits per heavy atom. The van der Waals surface area contributed by atoms with Crippen LogP contribution >= 0.6 is 0 Å². The van der Waals surface area contributed by atoms with Crippen LogP contribution in [0.15, 0.2) is 83.3 Å². The van der Waals surface area contributed by atoms with E-state index >= 15 is 0 Å². The molecule has 0 unspecified atom stereocenters. The Hall–Kier alpha value is -4.89. The largest absolute Gasteiger partial charge is 0.490 e. The molecule has 0 spiro atoms. The van der Waals surface area contributed by atoms with Crippen LogP contribution < -0.4 is 10.1 Å². The minimum Gasteiger partial charge on any atom is -0.490 e. The number of benzene rings is 4. The van der Waals surface area contributed by atoms with Gasteiger partial charge in [-0.05, 0) is 124 Å². The molecule has 1 aliphatic rings. The van der Waals surface area contributed by atoms with Gasteiger partial charge in [-0.3, -0.25) is 4.79 Å². The van der Waals surface area contributed by atoms with Crippen LogP contribution in [0.1, 0.15) is 97.8 Å². The van der Waals surface area contributed by atoms with Gasteiger partial charge in [0.25, 0.3) is 5.91 Å². The molecule has 1 N–H and O–H groups in total. The molecule has 6 rings (SSSR count). The number of hydrogen-bond acceptors (Lipinski definition) is 5. The molecule has 0 bridgehead atoms. The summed E-state index contributed by atoms with van der Waals surface area (Å²) < 4.78 is 12.2. The van der Waals surface area contributed by atoms with Gasteiger partial charge in [0.2, 0.25) is 5.89 Å². The summed E-state index contributed by atoms with van der Waals surface area (Å²) in [6.45, 7) is 11.1. The summed E-state index contributed by atoms with van der Waals surface area (Å²) >= 11 is 0. The summed E-state index contributed by atoms with van der Waals surface area (Å²) in [6.07, 6.45) is 4.57. The molecule has 240 valence electrons. The fourth-order valence-corrected chi connectivity index (χ4v) is 6.64. The molecule has 0 atom stereocenters. The molecule has 1 aliphatic carbocycles. The maximum atomic E-state index is 13.0. The number of aryl methyl sites for hydroxylation is 1. The maximum absolute atomic E-state index is 13.0. The third-order valence-corrected chi connectivity index (χ3v) is 9.25. The molecular weight excluding hydrogens is 582 g/mol. The molecule has 4 aromatic carbocycles. The van der Waals surface area contributed by atoms with Crippen LogP contribution in [-0.4, -0.2) is 23.5 Å². The van der Waals surface area contributed by atoms with E-state index in [0.717, 1.165) is 48.1 Å². The molecule has 0 aliphatic heterocycles. The number of amides is 1. The number of oxazole rings is 1. The van der Waals surface area contributed by atoms with E-state index in [9.17, 15) is 10.1 Å². The molecule has 6 nitrogen and oxygen atoms in total. The van der Waals surface area contributed by atoms with Crippen molar-refractivity contribution in [2.75, 3.05) is 6.54 Å². The Kier molecular flexibility index (Phi) is 9.45. The van der Waals surface area contributed by atoms with Crippen LogP contribution in [-0.2, 0) is 0 Å². The quantitative estimate of drug-likeness (QED) is 0.176. The number of aromatic nitrogens is 1. The van der Waals surface area contributed by atoms with Gasteiger partial charge >= 0.3 is 0 Å². The number of carbonyl (C=O) groups is 1. The molecular formula is C41H43N3O3. The van der Waals surface area contributed by atoms with Crippen LogP contribution in [0.5, 0.6) is 5.75 Å². The molecule has 0 saturated heterocycles. The first kappa shape index (κ1) is 32.1. The molecule has 1 saturated carbocycles. The SMILES string of the molecule is Cc1ccc(OC(C)C)c(-c2ccc(C3CCC(CNC(=O)c4ccc(-c5nc6cc(C#N)cc(C(C)C)c6o5)cc4)CC3)cc2)c1. The summed E-state index contributed by atoms with van der Waals surface area (Å²) in [6, 6.07) is 28.6. The smallest absolute Gasteiger partial charge is 0.251 e. The zero-order chi connectivity index (χ0) is 33.1. The number of nitriles is 1. The van der Waals surface area contributed by atoms with Gasteiger partial charge in [0.1, 0.15) is 11.3 Å². The molecule has 1 amide bonds. The van der Waals surface area contributed by atoms with E-state index in [1.807, 2.05) is 30.3 Å². The molecule has 0 radical (unpaired) electrons. The van der Waals surface area contributed by atoms with Gasteiger partial charge in [-0.1, -0.05) is 49.7 Å². The van der Waals surface area contributed by atoms with Crippen LogP contribution in [0.4, 0.5) is 0 Å². The minimum absolute atomic E-state index is 0.0652. The van der Waals surface area contributed by atoms with Crippen LogP contribution in [0.25, 0.3) is 33.7 Å². The van der Waals surface area contributed by atoms with Crippen molar-refractivity contribution in [2.24, 2.45) is 5.92 Å². The van der Waals surface area contributed by atoms with E-state index in [0.29, 0.717) is 46.5 Å². The third kappa shape index (κ3) is 7.25. The van der Waals surface area contributed by atoms with E-state index < -0.39 is 0 Å². The van der Waals surface area contributed by atoms with Crippen molar-refractivity contribution in [3.63, 3.8) is 0 Å². The van der Waals surface area contributed by atoms with Crippen molar-refractivity contribution >= 4 is 17.0 Å². The third-order valence-electron chi connectivity index (χ3n) is 9.25. The highest BCUT2D eigenvalue weighted by molar-refractivity contribution is 5.94. The lowest BCUT2D eigenvalue weighted by Crippen LogP contribution is -2.31. The van der Waals surface area contributed by atoms with E-state index in [4.69, 9.17) is 9.15 Å². The van der Waals surface area contributed by atoms with E-state index in [1.54, 1.807) is 6.07 Å². The van der Waals surface area contributed by atoms with E-state index in [-0.39, 0.29) is 17.9 Å². The topological polar surface area (TPSA) is 88.1 Å². The summed E-state index contributed by atoms with van der Waals surface area (Å²) in [5.41, 5.74) is 9.25. The number of ether oxygens (including phenoxy) is 1. The molecule has 1 fully saturated rings. The maximum Gasteiger partial charge on any atom is 0.251 e. The Bertz CT molecular complexity index is 1910. The van der Waals surface area contributed by atoms with Gasteiger partial charge in [0.15, 0.2) is 5.58 Å². The molecule has 6 heteroatoms. The lowest BCUT2D eigenvalue weighted by molar-refractivity contribution is 0.0943. The average Bonchev–Trinajstić information content (AvgIpc) is 3.52. The molecule has 47 heavy (non-hydrogen) atoms. The van der Waals surface area contributed by atoms with Gasteiger partial charge in [-0.25, -0.2) is 4.98 Å². The van der Waals surface area contributed by atoms with Crippen molar-refractivity contribution in [2.45, 2.75) is 78.2 Å². The first-order valence-electron chi connectivity index (χ1n) is 16.8. The van der Waals surface area contributed by atoms with Gasteiger partial charge in [-0.15, -0.1) is 0 Å². The second-order valence-corrected chi connectivity index (χ2v) is 13.5. The number of rotatable bonds is 9. The number of carbonyl (C=O) groups excluding carboxylic acids is 1. The van der Waals surface area contributed by atoms with Gasteiger partial charge < -0.3 is 14.5 Å². The summed E-state index contributed by atoms with van der Waals surface area (Å²) in [4.78, 5) is 17.7. The summed E-state index contributed by atoms with van der Waals surface area (Å²) in [7, 11) is 0. The van der Waals surface area contributed by atoms with Gasteiger partial charge in [-0.2, -0.15) is 5.26 Å². The molecule has 5 aromatic rings. The standard InChI is InChI=1S/C41H43N3O3/c1-25(2)35-21-29(23-42)22-37-39(35)47-41(44-37)34-17-15-33(16-18-34)40(45)43-24-28-7-9-30(10-8-28)31-11-13-32(14-12-31)36-20-27(5)6-19-38(36)46-26(3)4/h6,11-22,25-26,28,30H,7-10,24H2,1-5H3,(H,43,45). The number of fused-ring (bicyclic) bond motifs is 1. The van der Waals surface area contributed by atoms with Crippen LogP contribution in [0.2, 0.25) is 0 Å². The highest BCUT2D eigenvalue weighted by Crippen LogP contribution is 2.38. The number of nitrogens with zero attached hydrogens (tertiary/aromatic N) is 2. The van der Waals surface area contributed by atoms with Crippen molar-refractivity contribution < 1.29 is 13.9 Å². The summed E-state index contributed by atoms with van der Waals surface area (Å²) in [5, 5.41) is 12.6. The second-order valence-electron chi connectivity index (χ2n) is 13.5. The highest BCUT2D eigenvalue weighted by Gasteiger charge is 2.23. The van der Waals surface area contributed by atoms with Crippen molar-refractivity contribution in [1.82, 2.24) is 10.3 Å². The number of hydrogen-bond donors (Lipinski definition) is 1. The highest BCUT2D eigenvalue weighted by atomic mass is 16.5. The zero-order valence-corrected chi connectivity index (χ0v) is 28.0. The monoisotopic (exact) mass is 625 g/mol. The zero-order valence-electron chi connectivity index (χ0n) is 28.0. The van der Waals surface area contributed by atoms with Crippen molar-refractivity contribution in [1.29, 1.82) is 5.26 Å². The molecule has 1 heterocycles. The van der Waals surface area contributed by atoms with Crippen LogP contribution in [0, 0.1) is 24.2 Å². The first-order valence-corrected chi connectivity index (χ1v) is 16.8. The predicted octanol–water partition coefficient (Wildman–Crippen LogP) is 9.96. The second kappa shape index (κ2) is 13.8. The fourth-order valence-electron chi connectivity index (χ4n) is 6.64. The first-order chi connectivity index (χ1) is 22.7. The normalized spacial score (nSPS) is 16.4. The minimum atomic E-state index is -0.0652. The Balaban J connectivity index is 1.03. The Morgan fingerprint density at radius 3 is 2.30 bits per heavy atom. The van der Waals surface area contributed by atoms with E-state index in [2.05, 4.69) is 93.5 Å². The predicted molar refractivity (Wildman–Crippen MR) is 188 cm³/mol. The Morgan fingerprint density at radius 2 is 1.64 bits per heavy atom. The Labute approximate surface area is 277 Å². The van der Waals surface area contributed by atoms with Crippen molar-refractivity contribution in [3.05, 3.63) is 107 Å². The number of nitrogens with one attached hydrogen (secondary N) is 1. The van der Waals surface area contributed by atoms with Crippen molar-refractivity contribution in [3.8, 4) is 34.4 Å². The average molecular weight is 626 g/mol. The van der Waals surface area contributed by atoms with Crippen LogP contribution in [0.3, 0.4) is 0 Å². The van der Waals surface area contributed by atoms with Gasteiger partial charge in [0, 0.05) is 28.8 Å².